The van der Waals surface area contributed by atoms with E-state index >= 15 is 0 Å². The SMILES string of the molecule is CCCn1c(=O)[nH]c(=O)c2c(C(=O)NC3CCCC3CN)cc(C3CC3)nc21.Cl. The highest BCUT2D eigenvalue weighted by Crippen LogP contribution is 2.40. The Labute approximate surface area is 174 Å². The van der Waals surface area contributed by atoms with Gasteiger partial charge in [-0.15, -0.1) is 12.4 Å². The van der Waals surface area contributed by atoms with Gasteiger partial charge in [0.2, 0.25) is 0 Å². The van der Waals surface area contributed by atoms with Gasteiger partial charge < -0.3 is 11.1 Å². The van der Waals surface area contributed by atoms with Gasteiger partial charge in [-0.2, -0.15) is 0 Å². The molecule has 0 saturated heterocycles. The van der Waals surface area contributed by atoms with Crippen molar-refractivity contribution in [1.29, 1.82) is 0 Å². The Balaban J connectivity index is 0.00000240. The molecule has 2 saturated carbocycles. The lowest BCUT2D eigenvalue weighted by Gasteiger charge is -2.20. The van der Waals surface area contributed by atoms with Gasteiger partial charge >= 0.3 is 5.69 Å². The highest BCUT2D eigenvalue weighted by molar-refractivity contribution is 6.05. The van der Waals surface area contributed by atoms with Gasteiger partial charge in [-0.3, -0.25) is 19.1 Å². The van der Waals surface area contributed by atoms with E-state index in [2.05, 4.69) is 15.3 Å². The Kier molecular flexibility index (Phi) is 6.43. The number of nitrogens with zero attached hydrogens (tertiary/aromatic N) is 2. The minimum atomic E-state index is -0.561. The van der Waals surface area contributed by atoms with Crippen molar-refractivity contribution in [3.63, 3.8) is 0 Å². The van der Waals surface area contributed by atoms with Crippen molar-refractivity contribution in [1.82, 2.24) is 19.9 Å². The molecule has 29 heavy (non-hydrogen) atoms. The average molecular weight is 422 g/mol. The number of rotatable bonds is 6. The average Bonchev–Trinajstić information content (AvgIpc) is 3.44. The maximum Gasteiger partial charge on any atom is 0.329 e. The molecule has 0 aliphatic heterocycles. The van der Waals surface area contributed by atoms with Crippen LogP contribution in [0.3, 0.4) is 0 Å². The highest BCUT2D eigenvalue weighted by atomic mass is 35.5. The van der Waals surface area contributed by atoms with Gasteiger partial charge in [0.1, 0.15) is 0 Å². The van der Waals surface area contributed by atoms with Crippen molar-refractivity contribution in [2.45, 2.75) is 64.0 Å². The van der Waals surface area contributed by atoms with Gasteiger partial charge in [0.05, 0.1) is 10.9 Å². The van der Waals surface area contributed by atoms with Crippen LogP contribution in [0.25, 0.3) is 11.0 Å². The molecule has 8 nitrogen and oxygen atoms in total. The van der Waals surface area contributed by atoms with Gasteiger partial charge in [-0.1, -0.05) is 13.3 Å². The number of nitrogens with two attached hydrogens (primary N) is 1. The summed E-state index contributed by atoms with van der Waals surface area (Å²) in [6.45, 7) is 2.92. The van der Waals surface area contributed by atoms with Gasteiger partial charge in [0.15, 0.2) is 5.65 Å². The van der Waals surface area contributed by atoms with Gasteiger partial charge in [-0.25, -0.2) is 9.78 Å². The van der Waals surface area contributed by atoms with Crippen molar-refractivity contribution in [3.8, 4) is 0 Å². The van der Waals surface area contributed by atoms with Crippen LogP contribution in [-0.2, 0) is 6.54 Å². The number of fused-ring (bicyclic) bond motifs is 1. The highest BCUT2D eigenvalue weighted by Gasteiger charge is 2.31. The number of carbonyl (C=O) groups is 1. The molecule has 0 radical (unpaired) electrons. The fourth-order valence-electron chi connectivity index (χ4n) is 4.25. The molecule has 4 rings (SSSR count). The third-order valence-corrected chi connectivity index (χ3v) is 5.93. The van der Waals surface area contributed by atoms with Gasteiger partial charge in [-0.05, 0) is 50.6 Å². The van der Waals surface area contributed by atoms with Crippen LogP contribution < -0.4 is 22.3 Å². The van der Waals surface area contributed by atoms with Crippen LogP contribution in [0.5, 0.6) is 0 Å². The van der Waals surface area contributed by atoms with Crippen molar-refractivity contribution in [3.05, 3.63) is 38.2 Å². The molecule has 2 atom stereocenters. The van der Waals surface area contributed by atoms with E-state index in [-0.39, 0.29) is 35.7 Å². The molecule has 158 valence electrons. The van der Waals surface area contributed by atoms with E-state index in [1.807, 2.05) is 6.92 Å². The molecule has 2 aromatic heterocycles. The van der Waals surface area contributed by atoms with Crippen molar-refractivity contribution in [2.24, 2.45) is 11.7 Å². The second-order valence-electron chi connectivity index (χ2n) is 7.99. The minimum Gasteiger partial charge on any atom is -0.349 e. The molecule has 2 aliphatic carbocycles. The van der Waals surface area contributed by atoms with E-state index in [4.69, 9.17) is 5.73 Å². The number of carbonyl (C=O) groups excluding carboxylic acids is 1. The van der Waals surface area contributed by atoms with E-state index in [1.54, 1.807) is 6.07 Å². The summed E-state index contributed by atoms with van der Waals surface area (Å²) < 4.78 is 1.47. The molecule has 0 aromatic carbocycles. The summed E-state index contributed by atoms with van der Waals surface area (Å²) in [4.78, 5) is 45.1. The number of halogens is 1. The Morgan fingerprint density at radius 2 is 2.07 bits per heavy atom. The molecule has 9 heteroatoms. The predicted molar refractivity (Wildman–Crippen MR) is 114 cm³/mol. The lowest BCUT2D eigenvalue weighted by Crippen LogP contribution is -2.40. The van der Waals surface area contributed by atoms with E-state index in [0.717, 1.165) is 44.2 Å². The van der Waals surface area contributed by atoms with Crippen LogP contribution in [0, 0.1) is 5.92 Å². The summed E-state index contributed by atoms with van der Waals surface area (Å²) in [5.41, 5.74) is 6.20. The number of aromatic amines is 1. The first-order chi connectivity index (χ1) is 13.5. The molecular formula is C20H28ClN5O3. The number of hydrogen-bond acceptors (Lipinski definition) is 5. The number of H-pyrrole nitrogens is 1. The van der Waals surface area contributed by atoms with Crippen LogP contribution in [0.1, 0.15) is 67.4 Å². The normalized spacial score (nSPS) is 21.2. The molecule has 0 bridgehead atoms. The van der Waals surface area contributed by atoms with Crippen LogP contribution in [-0.4, -0.2) is 33.0 Å². The Morgan fingerprint density at radius 3 is 2.72 bits per heavy atom. The lowest BCUT2D eigenvalue weighted by molar-refractivity contribution is 0.0930. The van der Waals surface area contributed by atoms with Gasteiger partial charge in [0, 0.05) is 24.2 Å². The second kappa shape index (κ2) is 8.67. The fourth-order valence-corrected chi connectivity index (χ4v) is 4.25. The third-order valence-electron chi connectivity index (χ3n) is 5.93. The lowest BCUT2D eigenvalue weighted by atomic mass is 10.0. The summed E-state index contributed by atoms with van der Waals surface area (Å²) in [5, 5.41) is 3.27. The van der Waals surface area contributed by atoms with Crippen molar-refractivity contribution >= 4 is 29.3 Å². The molecule has 2 heterocycles. The number of amides is 1. The molecule has 0 spiro atoms. The second-order valence-corrected chi connectivity index (χ2v) is 7.99. The number of nitrogens with one attached hydrogen (secondary N) is 2. The summed E-state index contributed by atoms with van der Waals surface area (Å²) in [6, 6.07) is 1.75. The van der Waals surface area contributed by atoms with E-state index < -0.39 is 11.2 Å². The molecule has 1 amide bonds. The topological polar surface area (TPSA) is 123 Å². The maximum absolute atomic E-state index is 13.2. The zero-order valence-electron chi connectivity index (χ0n) is 16.6. The Hall–Kier alpha value is -2.19. The monoisotopic (exact) mass is 421 g/mol. The summed E-state index contributed by atoms with van der Waals surface area (Å²) >= 11 is 0. The van der Waals surface area contributed by atoms with Crippen molar-refractivity contribution < 1.29 is 4.79 Å². The smallest absolute Gasteiger partial charge is 0.329 e. The number of hydrogen-bond donors (Lipinski definition) is 3. The number of aromatic nitrogens is 3. The summed E-state index contributed by atoms with van der Waals surface area (Å²) in [6.07, 6.45) is 5.68. The van der Waals surface area contributed by atoms with Crippen molar-refractivity contribution in [2.75, 3.05) is 6.54 Å². The first kappa shape index (κ1) is 21.5. The minimum absolute atomic E-state index is 0. The third kappa shape index (κ3) is 4.09. The van der Waals surface area contributed by atoms with Crippen LogP contribution in [0.4, 0.5) is 0 Å². The fraction of sp³-hybridized carbons (Fsp3) is 0.600. The van der Waals surface area contributed by atoms with Gasteiger partial charge in [0.25, 0.3) is 11.5 Å². The number of aryl methyl sites for hydroxylation is 1. The molecular weight excluding hydrogens is 394 g/mol. The Bertz CT molecular complexity index is 1030. The quantitative estimate of drug-likeness (QED) is 0.654. The van der Waals surface area contributed by atoms with E-state index in [9.17, 15) is 14.4 Å². The summed E-state index contributed by atoms with van der Waals surface area (Å²) in [5.74, 6) is 0.270. The molecule has 2 fully saturated rings. The zero-order valence-corrected chi connectivity index (χ0v) is 17.4. The zero-order chi connectivity index (χ0) is 19.8. The number of pyridine rings is 1. The standard InChI is InChI=1S/C20H27N5O3.ClH/c1-2-8-25-17-16(19(27)24-20(25)28)13(9-15(22-17)11-6-7-11)18(26)23-14-5-3-4-12(14)10-21;/h9,11-12,14H,2-8,10,21H2,1H3,(H,23,26)(H,24,27,28);1H. The molecule has 4 N–H and O–H groups in total. The van der Waals surface area contributed by atoms with E-state index in [0.29, 0.717) is 30.2 Å². The summed E-state index contributed by atoms with van der Waals surface area (Å²) in [7, 11) is 0. The molecule has 2 aliphatic rings. The first-order valence-electron chi connectivity index (χ1n) is 10.2. The predicted octanol–water partition coefficient (Wildman–Crippen LogP) is 1.65. The maximum atomic E-state index is 13.2. The van der Waals surface area contributed by atoms with Crippen LogP contribution >= 0.6 is 12.4 Å². The van der Waals surface area contributed by atoms with Crippen LogP contribution in [0.2, 0.25) is 0 Å². The van der Waals surface area contributed by atoms with Crippen LogP contribution in [0.15, 0.2) is 15.7 Å². The largest absolute Gasteiger partial charge is 0.349 e. The Morgan fingerprint density at radius 1 is 1.31 bits per heavy atom. The molecule has 2 aromatic rings. The van der Waals surface area contributed by atoms with E-state index in [1.165, 1.54) is 4.57 Å². The molecule has 2 unspecified atom stereocenters. The first-order valence-corrected chi connectivity index (χ1v) is 10.2.